The van der Waals surface area contributed by atoms with Crippen molar-refractivity contribution in [2.45, 2.75) is 38.3 Å². The molecule has 132 valence electrons. The van der Waals surface area contributed by atoms with Crippen molar-refractivity contribution in [2.75, 3.05) is 13.1 Å². The Morgan fingerprint density at radius 1 is 1.32 bits per heavy atom. The third-order valence-electron chi connectivity index (χ3n) is 5.84. The van der Waals surface area contributed by atoms with Crippen molar-refractivity contribution in [3.63, 3.8) is 0 Å². The van der Waals surface area contributed by atoms with E-state index in [1.165, 1.54) is 0 Å². The first-order chi connectivity index (χ1) is 12.0. The van der Waals surface area contributed by atoms with Gasteiger partial charge in [0.2, 0.25) is 0 Å². The fraction of sp³-hybridized carbons (Fsp3) is 0.500. The maximum Gasteiger partial charge on any atom is 0.251 e. The molecule has 2 heterocycles. The molecule has 2 fully saturated rings. The van der Waals surface area contributed by atoms with Gasteiger partial charge in [0.05, 0.1) is 11.3 Å². The lowest BCUT2D eigenvalue weighted by molar-refractivity contribution is -0.0648. The zero-order valence-corrected chi connectivity index (χ0v) is 14.6. The molecule has 25 heavy (non-hydrogen) atoms. The fourth-order valence-electron chi connectivity index (χ4n) is 4.78. The van der Waals surface area contributed by atoms with Gasteiger partial charge in [0.25, 0.3) is 5.56 Å². The molecule has 2 N–H and O–H groups in total. The summed E-state index contributed by atoms with van der Waals surface area (Å²) in [7, 11) is 0. The van der Waals surface area contributed by atoms with Crippen LogP contribution in [0.25, 0.3) is 0 Å². The first kappa shape index (κ1) is 16.5. The van der Waals surface area contributed by atoms with Crippen molar-refractivity contribution in [3.05, 3.63) is 63.8 Å². The standard InChI is InChI=1S/C20H25N3O2/c1-14-21-17(10-19(24)22-14)12-23-11-15-6-5-9-20(25,18(15)13-23)16-7-3-2-4-8-16/h2-4,7-8,10,15,18,25H,5-6,9,11-13H2,1H3,(H,21,22,24)/t15-,18+,20+/m0/s1. The number of likely N-dealkylation sites (tertiary alicyclic amines) is 1. The molecule has 1 aromatic heterocycles. The third-order valence-corrected chi connectivity index (χ3v) is 5.84. The highest BCUT2D eigenvalue weighted by atomic mass is 16.3. The summed E-state index contributed by atoms with van der Waals surface area (Å²) in [6.07, 6.45) is 3.05. The lowest BCUT2D eigenvalue weighted by Gasteiger charge is -2.41. The number of fused-ring (bicyclic) bond motifs is 1. The van der Waals surface area contributed by atoms with Gasteiger partial charge < -0.3 is 10.1 Å². The normalized spacial score (nSPS) is 29.5. The van der Waals surface area contributed by atoms with E-state index < -0.39 is 5.60 Å². The predicted molar refractivity (Wildman–Crippen MR) is 96.0 cm³/mol. The minimum atomic E-state index is -0.740. The summed E-state index contributed by atoms with van der Waals surface area (Å²) in [6.45, 7) is 4.29. The molecule has 1 saturated heterocycles. The Labute approximate surface area is 147 Å². The minimum absolute atomic E-state index is 0.0973. The second kappa shape index (κ2) is 6.39. The molecule has 1 aliphatic carbocycles. The molecule has 4 rings (SSSR count). The van der Waals surface area contributed by atoms with Crippen molar-refractivity contribution in [1.82, 2.24) is 14.9 Å². The van der Waals surface area contributed by atoms with Crippen LogP contribution in [0.2, 0.25) is 0 Å². The van der Waals surface area contributed by atoms with Crippen molar-refractivity contribution >= 4 is 0 Å². The van der Waals surface area contributed by atoms with E-state index in [2.05, 4.69) is 14.9 Å². The minimum Gasteiger partial charge on any atom is -0.385 e. The molecule has 0 spiro atoms. The number of aliphatic hydroxyl groups is 1. The monoisotopic (exact) mass is 339 g/mol. The van der Waals surface area contributed by atoms with Crippen molar-refractivity contribution in [2.24, 2.45) is 11.8 Å². The van der Waals surface area contributed by atoms with Gasteiger partial charge in [0.1, 0.15) is 5.82 Å². The van der Waals surface area contributed by atoms with Crippen LogP contribution < -0.4 is 5.56 Å². The molecule has 0 amide bonds. The first-order valence-electron chi connectivity index (χ1n) is 9.12. The highest BCUT2D eigenvalue weighted by Gasteiger charge is 2.49. The smallest absolute Gasteiger partial charge is 0.251 e. The molecular formula is C20H25N3O2. The number of aromatic amines is 1. The van der Waals surface area contributed by atoms with Gasteiger partial charge >= 0.3 is 0 Å². The Morgan fingerprint density at radius 3 is 2.88 bits per heavy atom. The molecule has 1 aliphatic heterocycles. The zero-order chi connectivity index (χ0) is 17.4. The summed E-state index contributed by atoms with van der Waals surface area (Å²) in [5.74, 6) is 1.40. The molecule has 0 bridgehead atoms. The van der Waals surface area contributed by atoms with Crippen LogP contribution in [0.15, 0.2) is 41.2 Å². The van der Waals surface area contributed by atoms with Crippen LogP contribution in [0.1, 0.15) is 36.3 Å². The fourth-order valence-corrected chi connectivity index (χ4v) is 4.78. The Hall–Kier alpha value is -1.98. The molecule has 0 unspecified atom stereocenters. The lowest BCUT2D eigenvalue weighted by atomic mass is 9.67. The SMILES string of the molecule is Cc1nc(CN2C[C@@H]3CCC[C@@](O)(c4ccccc4)[C@@H]3C2)cc(=O)[nH]1. The summed E-state index contributed by atoms with van der Waals surface area (Å²) in [6, 6.07) is 11.7. The Morgan fingerprint density at radius 2 is 2.12 bits per heavy atom. The van der Waals surface area contributed by atoms with Crippen LogP contribution in [0.3, 0.4) is 0 Å². The summed E-state index contributed by atoms with van der Waals surface area (Å²) in [5.41, 5.74) is 1.01. The van der Waals surface area contributed by atoms with Crippen LogP contribution in [0, 0.1) is 18.8 Å². The van der Waals surface area contributed by atoms with Gasteiger partial charge in [-0.15, -0.1) is 0 Å². The number of hydrogen-bond acceptors (Lipinski definition) is 4. The van der Waals surface area contributed by atoms with Gasteiger partial charge in [0.15, 0.2) is 0 Å². The molecule has 0 radical (unpaired) electrons. The quantitative estimate of drug-likeness (QED) is 0.899. The number of nitrogens with one attached hydrogen (secondary N) is 1. The molecule has 2 aliphatic rings. The number of aryl methyl sites for hydroxylation is 1. The van der Waals surface area contributed by atoms with E-state index in [4.69, 9.17) is 0 Å². The number of hydrogen-bond donors (Lipinski definition) is 2. The maximum atomic E-state index is 11.7. The number of H-pyrrole nitrogens is 1. The Bertz CT molecular complexity index is 804. The van der Waals surface area contributed by atoms with Crippen LogP contribution in [-0.2, 0) is 12.1 Å². The maximum absolute atomic E-state index is 11.7. The lowest BCUT2D eigenvalue weighted by Crippen LogP contribution is -2.42. The number of benzene rings is 1. The summed E-state index contributed by atoms with van der Waals surface area (Å²) < 4.78 is 0. The molecular weight excluding hydrogens is 314 g/mol. The average Bonchev–Trinajstić information content (AvgIpc) is 2.99. The largest absolute Gasteiger partial charge is 0.385 e. The van der Waals surface area contributed by atoms with E-state index in [-0.39, 0.29) is 11.5 Å². The van der Waals surface area contributed by atoms with E-state index in [1.54, 1.807) is 6.07 Å². The molecule has 2 aromatic rings. The summed E-state index contributed by atoms with van der Waals surface area (Å²) >= 11 is 0. The van der Waals surface area contributed by atoms with Crippen molar-refractivity contribution < 1.29 is 5.11 Å². The number of nitrogens with zero attached hydrogens (tertiary/aromatic N) is 2. The van der Waals surface area contributed by atoms with E-state index >= 15 is 0 Å². The first-order valence-corrected chi connectivity index (χ1v) is 9.12. The van der Waals surface area contributed by atoms with Gasteiger partial charge in [-0.05, 0) is 37.7 Å². The second-order valence-electron chi connectivity index (χ2n) is 7.57. The van der Waals surface area contributed by atoms with E-state index in [0.29, 0.717) is 18.3 Å². The number of aromatic nitrogens is 2. The average molecular weight is 339 g/mol. The molecule has 1 aromatic carbocycles. The van der Waals surface area contributed by atoms with E-state index in [1.807, 2.05) is 37.3 Å². The van der Waals surface area contributed by atoms with Crippen LogP contribution in [-0.4, -0.2) is 33.1 Å². The highest BCUT2D eigenvalue weighted by Crippen LogP contribution is 2.48. The van der Waals surface area contributed by atoms with E-state index in [9.17, 15) is 9.90 Å². The van der Waals surface area contributed by atoms with Gasteiger partial charge in [-0.1, -0.05) is 30.3 Å². The molecule has 5 nitrogen and oxygen atoms in total. The van der Waals surface area contributed by atoms with Gasteiger partial charge in [0, 0.05) is 31.6 Å². The number of rotatable bonds is 3. The van der Waals surface area contributed by atoms with Crippen molar-refractivity contribution in [3.8, 4) is 0 Å². The molecule has 3 atom stereocenters. The Balaban J connectivity index is 1.56. The molecule has 5 heteroatoms. The van der Waals surface area contributed by atoms with Gasteiger partial charge in [-0.2, -0.15) is 0 Å². The van der Waals surface area contributed by atoms with Gasteiger partial charge in [-0.25, -0.2) is 4.98 Å². The predicted octanol–water partition coefficient (Wildman–Crippen LogP) is 2.20. The van der Waals surface area contributed by atoms with Crippen LogP contribution in [0.4, 0.5) is 0 Å². The highest BCUT2D eigenvalue weighted by molar-refractivity contribution is 5.25. The van der Waals surface area contributed by atoms with E-state index in [0.717, 1.165) is 43.6 Å². The van der Waals surface area contributed by atoms with Crippen molar-refractivity contribution in [1.29, 1.82) is 0 Å². The van der Waals surface area contributed by atoms with Crippen LogP contribution in [0.5, 0.6) is 0 Å². The van der Waals surface area contributed by atoms with Gasteiger partial charge in [-0.3, -0.25) is 9.69 Å². The Kier molecular flexibility index (Phi) is 4.21. The second-order valence-corrected chi connectivity index (χ2v) is 7.57. The molecule has 1 saturated carbocycles. The van der Waals surface area contributed by atoms with Crippen LogP contribution >= 0.6 is 0 Å². The summed E-state index contributed by atoms with van der Waals surface area (Å²) in [4.78, 5) is 21.2. The topological polar surface area (TPSA) is 69.2 Å². The third kappa shape index (κ3) is 3.14. The summed E-state index contributed by atoms with van der Waals surface area (Å²) in [5, 5.41) is 11.5. The zero-order valence-electron chi connectivity index (χ0n) is 14.6.